The molecule has 0 rings (SSSR count). The number of carboxylic acids is 1. The molecule has 0 bridgehead atoms. The Morgan fingerprint density at radius 2 is 1.70 bits per heavy atom. The second-order valence-corrected chi connectivity index (χ2v) is 3.94. The second kappa shape index (κ2) is 14.0. The number of methoxy groups -OCH3 is 1. The van der Waals surface area contributed by atoms with Crippen LogP contribution < -0.4 is 10.6 Å². The number of nitrogens with one attached hydrogen (secondary N) is 2. The summed E-state index contributed by atoms with van der Waals surface area (Å²) < 4.78 is 14.9. The van der Waals surface area contributed by atoms with Crippen molar-refractivity contribution in [3.63, 3.8) is 0 Å². The van der Waals surface area contributed by atoms with Gasteiger partial charge in [-0.3, -0.25) is 0 Å². The summed E-state index contributed by atoms with van der Waals surface area (Å²) in [5.41, 5.74) is 0. The maximum absolute atomic E-state index is 11.3. The van der Waals surface area contributed by atoms with Crippen molar-refractivity contribution in [3.8, 4) is 0 Å². The lowest BCUT2D eigenvalue weighted by atomic mass is 10.3. The van der Waals surface area contributed by atoms with Gasteiger partial charge in [0.05, 0.1) is 19.8 Å². The zero-order chi connectivity index (χ0) is 15.1. The first kappa shape index (κ1) is 18.6. The number of urea groups is 1. The second-order valence-electron chi connectivity index (χ2n) is 3.94. The van der Waals surface area contributed by atoms with Crippen LogP contribution in [0.4, 0.5) is 4.79 Å². The van der Waals surface area contributed by atoms with Crippen LogP contribution >= 0.6 is 0 Å². The Morgan fingerprint density at radius 3 is 2.40 bits per heavy atom. The Bertz CT molecular complexity index is 262. The van der Waals surface area contributed by atoms with Crippen LogP contribution in [-0.4, -0.2) is 70.3 Å². The highest BCUT2D eigenvalue weighted by atomic mass is 16.5. The van der Waals surface area contributed by atoms with E-state index in [1.807, 2.05) is 0 Å². The molecule has 118 valence electrons. The van der Waals surface area contributed by atoms with Gasteiger partial charge < -0.3 is 30.0 Å². The number of carboxylic acid groups (broad SMARTS) is 1. The third kappa shape index (κ3) is 14.7. The molecule has 0 spiro atoms. The van der Waals surface area contributed by atoms with Gasteiger partial charge in [0.2, 0.25) is 0 Å². The van der Waals surface area contributed by atoms with Gasteiger partial charge >= 0.3 is 12.0 Å². The highest BCUT2D eigenvalue weighted by Gasteiger charge is 2.00. The SMILES string of the molecule is COCCOCCCCNC(=O)NCCOCC(=O)O. The summed E-state index contributed by atoms with van der Waals surface area (Å²) in [7, 11) is 1.62. The highest BCUT2D eigenvalue weighted by molar-refractivity contribution is 5.73. The summed E-state index contributed by atoms with van der Waals surface area (Å²) in [5.74, 6) is -1.03. The van der Waals surface area contributed by atoms with E-state index in [2.05, 4.69) is 10.6 Å². The minimum absolute atomic E-state index is 0.174. The van der Waals surface area contributed by atoms with Gasteiger partial charge in [-0.1, -0.05) is 0 Å². The topological polar surface area (TPSA) is 106 Å². The van der Waals surface area contributed by atoms with Crippen molar-refractivity contribution < 1.29 is 28.9 Å². The molecule has 2 amide bonds. The molecule has 3 N–H and O–H groups in total. The summed E-state index contributed by atoms with van der Waals surface area (Å²) in [6.07, 6.45) is 1.70. The molecule has 0 aliphatic heterocycles. The summed E-state index contributed by atoms with van der Waals surface area (Å²) >= 11 is 0. The molecule has 0 unspecified atom stereocenters. The largest absolute Gasteiger partial charge is 0.480 e. The molecular weight excluding hydrogens is 268 g/mol. The molecule has 8 heteroatoms. The summed E-state index contributed by atoms with van der Waals surface area (Å²) in [6.45, 7) is 2.48. The number of ether oxygens (including phenoxy) is 3. The van der Waals surface area contributed by atoms with Crippen LogP contribution in [0.15, 0.2) is 0 Å². The van der Waals surface area contributed by atoms with Gasteiger partial charge in [-0.15, -0.1) is 0 Å². The van der Waals surface area contributed by atoms with E-state index in [0.717, 1.165) is 12.8 Å². The summed E-state index contributed by atoms with van der Waals surface area (Å²) in [5, 5.41) is 13.6. The average molecular weight is 292 g/mol. The van der Waals surface area contributed by atoms with Crippen molar-refractivity contribution in [2.45, 2.75) is 12.8 Å². The molecule has 0 atom stereocenters. The third-order valence-electron chi connectivity index (χ3n) is 2.19. The minimum atomic E-state index is -1.03. The van der Waals surface area contributed by atoms with Crippen LogP contribution in [0, 0.1) is 0 Å². The molecule has 0 heterocycles. The molecule has 0 radical (unpaired) electrons. The van der Waals surface area contributed by atoms with Gasteiger partial charge in [-0.2, -0.15) is 0 Å². The van der Waals surface area contributed by atoms with Gasteiger partial charge in [-0.25, -0.2) is 9.59 Å². The van der Waals surface area contributed by atoms with E-state index < -0.39 is 5.97 Å². The number of hydrogen-bond acceptors (Lipinski definition) is 5. The Balaban J connectivity index is 3.18. The van der Waals surface area contributed by atoms with Crippen LogP contribution in [0.25, 0.3) is 0 Å². The number of carbonyl (C=O) groups excluding carboxylic acids is 1. The van der Waals surface area contributed by atoms with Crippen LogP contribution in [0.1, 0.15) is 12.8 Å². The van der Waals surface area contributed by atoms with Crippen molar-refractivity contribution in [1.29, 1.82) is 0 Å². The Labute approximate surface area is 118 Å². The van der Waals surface area contributed by atoms with E-state index in [0.29, 0.717) is 26.4 Å². The zero-order valence-electron chi connectivity index (χ0n) is 11.9. The number of carbonyl (C=O) groups is 2. The van der Waals surface area contributed by atoms with E-state index in [-0.39, 0.29) is 25.8 Å². The first-order valence-corrected chi connectivity index (χ1v) is 6.54. The van der Waals surface area contributed by atoms with Crippen molar-refractivity contribution >= 4 is 12.0 Å². The number of hydrogen-bond donors (Lipinski definition) is 3. The molecule has 0 aliphatic rings. The standard InChI is InChI=1S/C12H24N2O6/c1-18-8-9-19-6-3-2-4-13-12(17)14-5-7-20-10-11(15)16/h2-10H2,1H3,(H,15,16)(H2,13,14,17). The van der Waals surface area contributed by atoms with Crippen molar-refractivity contribution in [2.75, 3.05) is 53.2 Å². The van der Waals surface area contributed by atoms with Crippen LogP contribution in [0.2, 0.25) is 0 Å². The Morgan fingerprint density at radius 1 is 0.950 bits per heavy atom. The van der Waals surface area contributed by atoms with Crippen molar-refractivity contribution in [1.82, 2.24) is 10.6 Å². The fourth-order valence-corrected chi connectivity index (χ4v) is 1.23. The smallest absolute Gasteiger partial charge is 0.329 e. The first-order chi connectivity index (χ1) is 9.66. The van der Waals surface area contributed by atoms with Gasteiger partial charge in [-0.05, 0) is 12.8 Å². The lowest BCUT2D eigenvalue weighted by molar-refractivity contribution is -0.142. The Hall–Kier alpha value is -1.38. The van der Waals surface area contributed by atoms with E-state index in [1.165, 1.54) is 0 Å². The minimum Gasteiger partial charge on any atom is -0.480 e. The lowest BCUT2D eigenvalue weighted by Gasteiger charge is -2.07. The van der Waals surface area contributed by atoms with Crippen LogP contribution in [-0.2, 0) is 19.0 Å². The molecule has 0 saturated carbocycles. The van der Waals surface area contributed by atoms with Gasteiger partial charge in [0, 0.05) is 26.8 Å². The first-order valence-electron chi connectivity index (χ1n) is 6.54. The van der Waals surface area contributed by atoms with E-state index in [9.17, 15) is 9.59 Å². The number of amides is 2. The molecule has 0 fully saturated rings. The van der Waals surface area contributed by atoms with E-state index >= 15 is 0 Å². The molecular formula is C12H24N2O6. The zero-order valence-corrected chi connectivity index (χ0v) is 11.9. The number of rotatable bonds is 13. The predicted molar refractivity (Wildman–Crippen MR) is 71.8 cm³/mol. The van der Waals surface area contributed by atoms with Crippen LogP contribution in [0.5, 0.6) is 0 Å². The van der Waals surface area contributed by atoms with Crippen LogP contribution in [0.3, 0.4) is 0 Å². The van der Waals surface area contributed by atoms with Gasteiger partial charge in [0.15, 0.2) is 0 Å². The fraction of sp³-hybridized carbons (Fsp3) is 0.833. The highest BCUT2D eigenvalue weighted by Crippen LogP contribution is 1.88. The Kier molecular flexibility index (Phi) is 13.1. The number of aliphatic carboxylic acids is 1. The molecule has 0 aromatic carbocycles. The van der Waals surface area contributed by atoms with Crippen molar-refractivity contribution in [3.05, 3.63) is 0 Å². The molecule has 0 aliphatic carbocycles. The fourth-order valence-electron chi connectivity index (χ4n) is 1.23. The molecule has 0 aromatic heterocycles. The third-order valence-corrected chi connectivity index (χ3v) is 2.19. The molecule has 0 saturated heterocycles. The number of unbranched alkanes of at least 4 members (excludes halogenated alkanes) is 1. The maximum atomic E-state index is 11.3. The van der Waals surface area contributed by atoms with Crippen molar-refractivity contribution in [2.24, 2.45) is 0 Å². The molecule has 8 nitrogen and oxygen atoms in total. The maximum Gasteiger partial charge on any atom is 0.329 e. The average Bonchev–Trinajstić information content (AvgIpc) is 2.41. The van der Waals surface area contributed by atoms with Gasteiger partial charge in [0.1, 0.15) is 6.61 Å². The predicted octanol–water partition coefficient (Wildman–Crippen LogP) is -0.170. The van der Waals surface area contributed by atoms with Gasteiger partial charge in [0.25, 0.3) is 0 Å². The normalized spacial score (nSPS) is 10.2. The summed E-state index contributed by atoms with van der Waals surface area (Å²) in [4.78, 5) is 21.4. The monoisotopic (exact) mass is 292 g/mol. The molecule has 0 aromatic rings. The quantitative estimate of drug-likeness (QED) is 0.407. The lowest BCUT2D eigenvalue weighted by Crippen LogP contribution is -2.38. The summed E-state index contributed by atoms with van der Waals surface area (Å²) in [6, 6.07) is -0.288. The molecule has 20 heavy (non-hydrogen) atoms. The van der Waals surface area contributed by atoms with E-state index in [4.69, 9.17) is 19.3 Å². The van der Waals surface area contributed by atoms with E-state index in [1.54, 1.807) is 7.11 Å².